The molecule has 1 unspecified atom stereocenters. The lowest BCUT2D eigenvalue weighted by Crippen LogP contribution is -2.35. The van der Waals surface area contributed by atoms with E-state index in [1.807, 2.05) is 14.1 Å². The van der Waals surface area contributed by atoms with Crippen molar-refractivity contribution in [3.63, 3.8) is 0 Å². The summed E-state index contributed by atoms with van der Waals surface area (Å²) in [5, 5.41) is 2.95. The zero-order valence-electron chi connectivity index (χ0n) is 18.6. The number of carbonyl (C=O) groups excluding carboxylic acids is 1. The van der Waals surface area contributed by atoms with Gasteiger partial charge in [0.25, 0.3) is 0 Å². The van der Waals surface area contributed by atoms with E-state index in [9.17, 15) is 17.6 Å². The number of aryl methyl sites for hydroxylation is 1. The number of benzene rings is 2. The quantitative estimate of drug-likeness (QED) is 0.572. The topological polar surface area (TPSA) is 69.7 Å². The summed E-state index contributed by atoms with van der Waals surface area (Å²) in [4.78, 5) is 14.4. The molecule has 0 spiro atoms. The van der Waals surface area contributed by atoms with Crippen LogP contribution in [0.1, 0.15) is 36.9 Å². The van der Waals surface area contributed by atoms with Crippen molar-refractivity contribution in [3.8, 4) is 0 Å². The highest BCUT2D eigenvalue weighted by molar-refractivity contribution is 7.89. The second kappa shape index (κ2) is 11.4. The van der Waals surface area contributed by atoms with Crippen LogP contribution in [-0.4, -0.2) is 57.8 Å². The van der Waals surface area contributed by atoms with Gasteiger partial charge in [-0.2, -0.15) is 0 Å². The van der Waals surface area contributed by atoms with E-state index in [0.717, 1.165) is 24.1 Å². The third-order valence-corrected chi connectivity index (χ3v) is 7.16. The predicted molar refractivity (Wildman–Crippen MR) is 121 cm³/mol. The summed E-state index contributed by atoms with van der Waals surface area (Å²) in [6.45, 7) is 2.78. The molecule has 0 bridgehead atoms. The summed E-state index contributed by atoms with van der Waals surface area (Å²) >= 11 is 0. The molecular weight excluding hydrogens is 417 g/mol. The van der Waals surface area contributed by atoms with Crippen molar-refractivity contribution in [2.75, 3.05) is 34.2 Å². The van der Waals surface area contributed by atoms with Crippen LogP contribution in [0.15, 0.2) is 53.4 Å². The van der Waals surface area contributed by atoms with Gasteiger partial charge in [-0.05, 0) is 62.3 Å². The average Bonchev–Trinajstić information content (AvgIpc) is 2.74. The van der Waals surface area contributed by atoms with E-state index in [4.69, 9.17) is 0 Å². The molecule has 1 atom stereocenters. The monoisotopic (exact) mass is 449 g/mol. The van der Waals surface area contributed by atoms with Gasteiger partial charge >= 0.3 is 0 Å². The maximum absolute atomic E-state index is 13.0. The Morgan fingerprint density at radius 3 is 2.19 bits per heavy atom. The number of hydrogen-bond acceptors (Lipinski definition) is 4. The minimum absolute atomic E-state index is 0.0313. The van der Waals surface area contributed by atoms with E-state index in [2.05, 4.69) is 41.4 Å². The molecule has 170 valence electrons. The molecule has 0 aliphatic carbocycles. The Balaban J connectivity index is 1.84. The van der Waals surface area contributed by atoms with Gasteiger partial charge < -0.3 is 10.2 Å². The zero-order chi connectivity index (χ0) is 23.0. The number of rotatable bonds is 11. The van der Waals surface area contributed by atoms with E-state index in [1.54, 1.807) is 0 Å². The van der Waals surface area contributed by atoms with Crippen molar-refractivity contribution in [1.82, 2.24) is 14.5 Å². The molecule has 2 aromatic carbocycles. The molecule has 0 heterocycles. The van der Waals surface area contributed by atoms with Gasteiger partial charge in [-0.1, -0.05) is 31.2 Å². The van der Waals surface area contributed by atoms with Crippen LogP contribution in [-0.2, 0) is 21.2 Å². The van der Waals surface area contributed by atoms with Gasteiger partial charge in [0.05, 0.1) is 10.9 Å². The van der Waals surface area contributed by atoms with Gasteiger partial charge in [-0.15, -0.1) is 0 Å². The van der Waals surface area contributed by atoms with Crippen molar-refractivity contribution in [2.45, 2.75) is 37.1 Å². The molecule has 0 fully saturated rings. The Morgan fingerprint density at radius 2 is 1.65 bits per heavy atom. The molecule has 1 N–H and O–H groups in total. The summed E-state index contributed by atoms with van der Waals surface area (Å²) in [7, 11) is 1.70. The number of likely N-dealkylation sites (N-methyl/N-ethyl adjacent to an activating group) is 1. The Morgan fingerprint density at radius 1 is 1.03 bits per heavy atom. The minimum atomic E-state index is -3.70. The van der Waals surface area contributed by atoms with Crippen molar-refractivity contribution in [3.05, 3.63) is 65.5 Å². The van der Waals surface area contributed by atoms with Gasteiger partial charge in [0.15, 0.2) is 0 Å². The summed E-state index contributed by atoms with van der Waals surface area (Å²) in [5.74, 6) is -0.611. The van der Waals surface area contributed by atoms with Crippen molar-refractivity contribution < 1.29 is 17.6 Å². The number of carbonyl (C=O) groups is 1. The first-order valence-electron chi connectivity index (χ1n) is 10.4. The first kappa shape index (κ1) is 25.0. The fraction of sp³-hybridized carbons (Fsp3) is 0.435. The normalized spacial score (nSPS) is 12.9. The molecule has 2 rings (SSSR count). The van der Waals surface area contributed by atoms with Crippen LogP contribution in [0.5, 0.6) is 0 Å². The average molecular weight is 450 g/mol. The number of amides is 1. The Labute approximate surface area is 185 Å². The Kier molecular flexibility index (Phi) is 9.15. The first-order chi connectivity index (χ1) is 14.6. The molecule has 0 aliphatic rings. The molecule has 31 heavy (non-hydrogen) atoms. The van der Waals surface area contributed by atoms with Gasteiger partial charge in [0.1, 0.15) is 5.82 Å². The maximum atomic E-state index is 13.0. The van der Waals surface area contributed by atoms with E-state index >= 15 is 0 Å². The third-order valence-electron chi connectivity index (χ3n) is 5.29. The minimum Gasteiger partial charge on any atom is -0.354 e. The number of sulfonamides is 1. The second-order valence-electron chi connectivity index (χ2n) is 7.76. The fourth-order valence-electron chi connectivity index (χ4n) is 3.24. The van der Waals surface area contributed by atoms with Gasteiger partial charge in [-0.3, -0.25) is 4.79 Å². The zero-order valence-corrected chi connectivity index (χ0v) is 19.5. The van der Waals surface area contributed by atoms with Crippen LogP contribution in [0.2, 0.25) is 0 Å². The molecule has 0 aliphatic heterocycles. The van der Waals surface area contributed by atoms with E-state index in [-0.39, 0.29) is 29.8 Å². The van der Waals surface area contributed by atoms with Gasteiger partial charge in [0.2, 0.25) is 15.9 Å². The first-order valence-corrected chi connectivity index (χ1v) is 11.8. The van der Waals surface area contributed by atoms with Crippen molar-refractivity contribution in [1.29, 1.82) is 0 Å². The van der Waals surface area contributed by atoms with Gasteiger partial charge in [0, 0.05) is 26.6 Å². The summed E-state index contributed by atoms with van der Waals surface area (Å²) in [5.41, 5.74) is 2.40. The maximum Gasteiger partial charge on any atom is 0.242 e. The highest BCUT2D eigenvalue weighted by atomic mass is 32.2. The van der Waals surface area contributed by atoms with E-state index < -0.39 is 15.8 Å². The Hall–Kier alpha value is -2.29. The van der Waals surface area contributed by atoms with Gasteiger partial charge in [-0.25, -0.2) is 17.1 Å². The van der Waals surface area contributed by atoms with Crippen LogP contribution in [0.4, 0.5) is 4.39 Å². The van der Waals surface area contributed by atoms with Crippen molar-refractivity contribution >= 4 is 15.9 Å². The SMILES string of the molecule is CCc1ccc(C(CNC(=O)CCCN(C)S(=O)(=O)c2ccc(F)cc2)N(C)C)cc1. The van der Waals surface area contributed by atoms with Crippen LogP contribution < -0.4 is 5.32 Å². The molecule has 2 aromatic rings. The van der Waals surface area contributed by atoms with Crippen LogP contribution in [0.3, 0.4) is 0 Å². The summed E-state index contributed by atoms with van der Waals surface area (Å²) < 4.78 is 39.2. The molecule has 0 aromatic heterocycles. The molecule has 1 amide bonds. The number of nitrogens with one attached hydrogen (secondary N) is 1. The standard InChI is InChI=1S/C23H32FN3O3S/c1-5-18-8-10-19(11-9-18)22(26(2)3)17-25-23(28)7-6-16-27(4)31(29,30)21-14-12-20(24)13-15-21/h8-15,22H,5-7,16-17H2,1-4H3,(H,25,28). The molecule has 0 saturated carbocycles. The second-order valence-corrected chi connectivity index (χ2v) is 9.81. The van der Waals surface area contributed by atoms with Crippen molar-refractivity contribution in [2.24, 2.45) is 0 Å². The highest BCUT2D eigenvalue weighted by Crippen LogP contribution is 2.19. The predicted octanol–water partition coefficient (Wildman–Crippen LogP) is 3.21. The number of nitrogens with zero attached hydrogens (tertiary/aromatic N) is 2. The lowest BCUT2D eigenvalue weighted by Gasteiger charge is -2.25. The molecule has 0 radical (unpaired) electrons. The van der Waals surface area contributed by atoms with Crippen LogP contribution in [0, 0.1) is 5.82 Å². The fourth-order valence-corrected chi connectivity index (χ4v) is 4.45. The summed E-state index contributed by atoms with van der Waals surface area (Å²) in [6.07, 6.45) is 1.59. The lowest BCUT2D eigenvalue weighted by atomic mass is 10.0. The highest BCUT2D eigenvalue weighted by Gasteiger charge is 2.21. The molecular formula is C23H32FN3O3S. The number of hydrogen-bond donors (Lipinski definition) is 1. The van der Waals surface area contributed by atoms with Crippen LogP contribution in [0.25, 0.3) is 0 Å². The lowest BCUT2D eigenvalue weighted by molar-refractivity contribution is -0.121. The smallest absolute Gasteiger partial charge is 0.242 e. The molecule has 0 saturated heterocycles. The van der Waals surface area contributed by atoms with E-state index in [1.165, 1.54) is 29.0 Å². The Bertz CT molecular complexity index is 945. The largest absolute Gasteiger partial charge is 0.354 e. The van der Waals surface area contributed by atoms with E-state index in [0.29, 0.717) is 13.0 Å². The summed E-state index contributed by atoms with van der Waals surface area (Å²) in [6, 6.07) is 13.1. The van der Waals surface area contributed by atoms with Crippen LogP contribution >= 0.6 is 0 Å². The third kappa shape index (κ3) is 7.12. The molecule has 6 nitrogen and oxygen atoms in total. The molecule has 8 heteroatoms. The number of halogens is 1.